The van der Waals surface area contributed by atoms with Gasteiger partial charge in [-0.2, -0.15) is 0 Å². The largest absolute Gasteiger partial charge is 0.508 e. The van der Waals surface area contributed by atoms with Gasteiger partial charge in [-0.05, 0) is 61.1 Å². The van der Waals surface area contributed by atoms with E-state index in [-0.39, 0.29) is 18.3 Å². The van der Waals surface area contributed by atoms with Crippen molar-refractivity contribution in [2.45, 2.75) is 46.5 Å². The zero-order valence-electron chi connectivity index (χ0n) is 17.8. The van der Waals surface area contributed by atoms with E-state index in [1.54, 1.807) is 12.1 Å². The highest BCUT2D eigenvalue weighted by Crippen LogP contribution is 2.35. The van der Waals surface area contributed by atoms with Crippen molar-refractivity contribution in [3.63, 3.8) is 0 Å². The Morgan fingerprint density at radius 1 is 1.13 bits per heavy atom. The van der Waals surface area contributed by atoms with Gasteiger partial charge in [0.2, 0.25) is 0 Å². The number of alkyl carbamates (subject to hydrolysis) is 1. The molecule has 2 aromatic rings. The average Bonchev–Trinajstić information content (AvgIpc) is 2.69. The number of carbonyl (C=O) groups is 2. The molecule has 0 aromatic heterocycles. The lowest BCUT2D eigenvalue weighted by molar-refractivity contribution is -0.135. The highest BCUT2D eigenvalue weighted by molar-refractivity contribution is 5.76. The minimum absolute atomic E-state index is 0.140. The number of aromatic hydroxyl groups is 1. The Labute approximate surface area is 176 Å². The number of nitrogens with one attached hydrogen (secondary N) is 1. The molecule has 0 saturated heterocycles. The van der Waals surface area contributed by atoms with Crippen LogP contribution in [0.25, 0.3) is 0 Å². The summed E-state index contributed by atoms with van der Waals surface area (Å²) in [5.74, 6) is 0.789. The number of aryl methyl sites for hydroxylation is 2. The van der Waals surface area contributed by atoms with Gasteiger partial charge in [0.25, 0.3) is 0 Å². The summed E-state index contributed by atoms with van der Waals surface area (Å²) < 4.78 is 11.1. The third-order valence-electron chi connectivity index (χ3n) is 4.89. The summed E-state index contributed by atoms with van der Waals surface area (Å²) in [5.41, 5.74) is 3.73. The third-order valence-corrected chi connectivity index (χ3v) is 4.89. The minimum atomic E-state index is -1.13. The number of benzene rings is 2. The lowest BCUT2D eigenvalue weighted by Gasteiger charge is -2.17. The molecular weight excluding hydrogens is 386 g/mol. The van der Waals surface area contributed by atoms with E-state index in [9.17, 15) is 14.7 Å². The first-order chi connectivity index (χ1) is 14.2. The second kappa shape index (κ2) is 10.5. The Morgan fingerprint density at radius 2 is 1.80 bits per heavy atom. The van der Waals surface area contributed by atoms with Crippen LogP contribution in [0.5, 0.6) is 17.2 Å². The van der Waals surface area contributed by atoms with Crippen molar-refractivity contribution in [3.05, 3.63) is 52.6 Å². The summed E-state index contributed by atoms with van der Waals surface area (Å²) in [7, 11) is 0. The fourth-order valence-electron chi connectivity index (χ4n) is 3.13. The van der Waals surface area contributed by atoms with E-state index in [0.29, 0.717) is 12.2 Å². The Hall–Kier alpha value is -3.22. The van der Waals surface area contributed by atoms with E-state index >= 15 is 0 Å². The number of carboxylic acids is 1. The number of aliphatic carboxylic acids is 1. The first-order valence-electron chi connectivity index (χ1n) is 9.94. The molecule has 0 heterocycles. The highest BCUT2D eigenvalue weighted by Gasteiger charge is 2.13. The molecule has 2 rings (SSSR count). The Kier molecular flexibility index (Phi) is 8.09. The zero-order chi connectivity index (χ0) is 22.3. The molecule has 30 heavy (non-hydrogen) atoms. The predicted octanol–water partition coefficient (Wildman–Crippen LogP) is 4.67. The number of ether oxygens (including phenoxy) is 2. The first-order valence-corrected chi connectivity index (χ1v) is 9.94. The summed E-state index contributed by atoms with van der Waals surface area (Å²) in [5, 5.41) is 20.8. The first kappa shape index (κ1) is 23.1. The normalized spacial score (nSPS) is 11.6. The monoisotopic (exact) mass is 415 g/mol. The molecule has 1 atom stereocenters. The van der Waals surface area contributed by atoms with Crippen LogP contribution in [0.3, 0.4) is 0 Å². The standard InChI is InChI=1S/C23H29NO6/c1-5-14(2)19-12-18(6-7-20(19)25)30-22-15(3)10-17(11-16(22)4)8-9-29-23(28)24-13-21(26)27/h6-7,10-12,14,25H,5,8-9,13H2,1-4H3,(H,24,28)(H,26,27). The average molecular weight is 415 g/mol. The predicted molar refractivity (Wildman–Crippen MR) is 113 cm³/mol. The van der Waals surface area contributed by atoms with Crippen molar-refractivity contribution in [2.75, 3.05) is 13.2 Å². The summed E-state index contributed by atoms with van der Waals surface area (Å²) in [4.78, 5) is 21.8. The van der Waals surface area contributed by atoms with Crippen molar-refractivity contribution >= 4 is 12.1 Å². The molecule has 0 aliphatic rings. The maximum Gasteiger partial charge on any atom is 0.407 e. The van der Waals surface area contributed by atoms with E-state index in [0.717, 1.165) is 34.4 Å². The third kappa shape index (κ3) is 6.40. The summed E-state index contributed by atoms with van der Waals surface area (Å²) in [6, 6.07) is 9.22. The fraction of sp³-hybridized carbons (Fsp3) is 0.391. The van der Waals surface area contributed by atoms with Gasteiger partial charge in [0.05, 0.1) is 6.61 Å². The number of carboxylic acid groups (broad SMARTS) is 1. The van der Waals surface area contributed by atoms with Gasteiger partial charge >= 0.3 is 12.1 Å². The molecule has 0 spiro atoms. The molecule has 2 aromatic carbocycles. The van der Waals surface area contributed by atoms with Crippen LogP contribution in [0.2, 0.25) is 0 Å². The van der Waals surface area contributed by atoms with Gasteiger partial charge in [0, 0.05) is 12.0 Å². The molecule has 1 amide bonds. The van der Waals surface area contributed by atoms with Crippen LogP contribution < -0.4 is 10.1 Å². The van der Waals surface area contributed by atoms with Crippen molar-refractivity contribution in [3.8, 4) is 17.2 Å². The molecule has 0 aliphatic heterocycles. The van der Waals surface area contributed by atoms with Crippen molar-refractivity contribution in [2.24, 2.45) is 0 Å². The van der Waals surface area contributed by atoms with Crippen LogP contribution in [0.15, 0.2) is 30.3 Å². The molecule has 0 saturated carbocycles. The number of hydrogen-bond acceptors (Lipinski definition) is 5. The summed E-state index contributed by atoms with van der Waals surface area (Å²) in [6.07, 6.45) is 0.662. The molecule has 1 unspecified atom stereocenters. The fourth-order valence-corrected chi connectivity index (χ4v) is 3.13. The molecule has 3 N–H and O–H groups in total. The van der Waals surface area contributed by atoms with E-state index in [1.165, 1.54) is 0 Å². The van der Waals surface area contributed by atoms with E-state index in [4.69, 9.17) is 14.6 Å². The molecule has 7 nitrogen and oxygen atoms in total. The number of carbonyl (C=O) groups excluding carboxylic acids is 1. The summed E-state index contributed by atoms with van der Waals surface area (Å²) in [6.45, 7) is 7.70. The number of phenols is 1. The Bertz CT molecular complexity index is 886. The van der Waals surface area contributed by atoms with Crippen LogP contribution >= 0.6 is 0 Å². The molecule has 0 aliphatic carbocycles. The topological polar surface area (TPSA) is 105 Å². The van der Waals surface area contributed by atoms with Gasteiger partial charge in [-0.25, -0.2) is 4.79 Å². The van der Waals surface area contributed by atoms with Gasteiger partial charge in [0.15, 0.2) is 0 Å². The van der Waals surface area contributed by atoms with Crippen LogP contribution in [-0.2, 0) is 16.0 Å². The van der Waals surface area contributed by atoms with E-state index in [2.05, 4.69) is 19.2 Å². The highest BCUT2D eigenvalue weighted by atomic mass is 16.5. The number of phenolic OH excluding ortho intramolecular Hbond substituents is 1. The Morgan fingerprint density at radius 3 is 2.40 bits per heavy atom. The van der Waals surface area contributed by atoms with Crippen LogP contribution in [0, 0.1) is 13.8 Å². The number of hydrogen-bond donors (Lipinski definition) is 3. The van der Waals surface area contributed by atoms with Crippen molar-refractivity contribution in [1.29, 1.82) is 0 Å². The minimum Gasteiger partial charge on any atom is -0.508 e. The molecule has 162 valence electrons. The Balaban J connectivity index is 2.05. The van der Waals surface area contributed by atoms with Gasteiger partial charge in [-0.3, -0.25) is 4.79 Å². The lowest BCUT2D eigenvalue weighted by atomic mass is 9.97. The van der Waals surface area contributed by atoms with Gasteiger partial charge < -0.3 is 25.0 Å². The summed E-state index contributed by atoms with van der Waals surface area (Å²) >= 11 is 0. The van der Waals surface area contributed by atoms with Gasteiger partial charge in [0.1, 0.15) is 23.8 Å². The quantitative estimate of drug-likeness (QED) is 0.550. The second-order valence-electron chi connectivity index (χ2n) is 7.32. The van der Waals surface area contributed by atoms with Crippen LogP contribution in [0.4, 0.5) is 4.79 Å². The van der Waals surface area contributed by atoms with Crippen LogP contribution in [-0.4, -0.2) is 35.4 Å². The van der Waals surface area contributed by atoms with Crippen LogP contribution in [0.1, 0.15) is 48.4 Å². The SMILES string of the molecule is CCC(C)c1cc(Oc2c(C)cc(CCOC(=O)NCC(=O)O)cc2C)ccc1O. The molecule has 0 radical (unpaired) electrons. The lowest BCUT2D eigenvalue weighted by Crippen LogP contribution is -2.30. The maximum absolute atomic E-state index is 11.4. The van der Waals surface area contributed by atoms with E-state index < -0.39 is 18.6 Å². The molecule has 7 heteroatoms. The number of rotatable bonds is 9. The smallest absolute Gasteiger partial charge is 0.407 e. The van der Waals surface area contributed by atoms with Crippen molar-refractivity contribution < 1.29 is 29.3 Å². The molecule has 0 bridgehead atoms. The second-order valence-corrected chi connectivity index (χ2v) is 7.32. The molecule has 0 fully saturated rings. The van der Waals surface area contributed by atoms with Gasteiger partial charge in [-0.15, -0.1) is 0 Å². The van der Waals surface area contributed by atoms with Crippen molar-refractivity contribution in [1.82, 2.24) is 5.32 Å². The van der Waals surface area contributed by atoms with Gasteiger partial charge in [-0.1, -0.05) is 26.0 Å². The van der Waals surface area contributed by atoms with E-state index in [1.807, 2.05) is 32.0 Å². The number of amides is 1. The molecular formula is C23H29NO6. The maximum atomic E-state index is 11.4. The zero-order valence-corrected chi connectivity index (χ0v) is 17.8.